The summed E-state index contributed by atoms with van der Waals surface area (Å²) in [5.74, 6) is 0. The zero-order valence-electron chi connectivity index (χ0n) is 10.2. The van der Waals surface area contributed by atoms with Gasteiger partial charge in [-0.2, -0.15) is 0 Å². The van der Waals surface area contributed by atoms with E-state index in [1.165, 1.54) is 0 Å². The molecule has 1 nitrogen and oxygen atoms in total. The van der Waals surface area contributed by atoms with Crippen LogP contribution < -0.4 is 0 Å². The summed E-state index contributed by atoms with van der Waals surface area (Å²) in [5.41, 5.74) is 1.75. The lowest BCUT2D eigenvalue weighted by molar-refractivity contribution is 0.318. The van der Waals surface area contributed by atoms with Gasteiger partial charge < -0.3 is 4.74 Å². The number of hydrogen-bond acceptors (Lipinski definition) is 1. The third-order valence-corrected chi connectivity index (χ3v) is 5.39. The highest BCUT2D eigenvalue weighted by molar-refractivity contribution is 9.10. The molecule has 2 aromatic rings. The van der Waals surface area contributed by atoms with Crippen LogP contribution in [0.15, 0.2) is 46.9 Å². The Hall–Kier alpha value is -0.0600. The van der Waals surface area contributed by atoms with E-state index in [-0.39, 0.29) is 11.7 Å². The number of halogens is 4. The van der Waals surface area contributed by atoms with Crippen LogP contribution in [0.2, 0.25) is 10.0 Å². The molecule has 1 aliphatic rings. The molecule has 0 N–H and O–H groups in total. The highest BCUT2D eigenvalue weighted by Crippen LogP contribution is 2.59. The van der Waals surface area contributed by atoms with Gasteiger partial charge in [0.25, 0.3) is 0 Å². The highest BCUT2D eigenvalue weighted by atomic mass is 79.9. The Bertz CT molecular complexity index is 645. The summed E-state index contributed by atoms with van der Waals surface area (Å²) < 4.78 is 7.05. The molecule has 3 rings (SSSR count). The van der Waals surface area contributed by atoms with Gasteiger partial charge in [0.2, 0.25) is 0 Å². The minimum Gasteiger partial charge on any atom is -0.355 e. The molecule has 104 valence electrons. The molecule has 2 aromatic carbocycles. The summed E-state index contributed by atoms with van der Waals surface area (Å²) >= 11 is 19.2. The maximum Gasteiger partial charge on any atom is 0.134 e. The lowest BCUT2D eigenvalue weighted by Gasteiger charge is -2.11. The second-order valence-electron chi connectivity index (χ2n) is 4.69. The van der Waals surface area contributed by atoms with Crippen molar-refractivity contribution >= 4 is 55.1 Å². The van der Waals surface area contributed by atoms with Crippen LogP contribution in [0.25, 0.3) is 0 Å². The van der Waals surface area contributed by atoms with Crippen molar-refractivity contribution in [2.75, 3.05) is 5.33 Å². The molecule has 1 fully saturated rings. The molecule has 0 radical (unpaired) electrons. The van der Waals surface area contributed by atoms with Crippen LogP contribution in [0.3, 0.4) is 0 Å². The molecule has 0 amide bonds. The summed E-state index contributed by atoms with van der Waals surface area (Å²) in [4.78, 5) is 0. The van der Waals surface area contributed by atoms with E-state index in [0.29, 0.717) is 15.4 Å². The average Bonchev–Trinajstić information content (AvgIpc) is 3.15. The van der Waals surface area contributed by atoms with Crippen molar-refractivity contribution in [2.45, 2.75) is 11.7 Å². The van der Waals surface area contributed by atoms with Crippen LogP contribution in [0, 0.1) is 0 Å². The molecule has 0 bridgehead atoms. The predicted octanol–water partition coefficient (Wildman–Crippen LogP) is 6.12. The van der Waals surface area contributed by atoms with Crippen molar-refractivity contribution in [1.82, 2.24) is 0 Å². The smallest absolute Gasteiger partial charge is 0.134 e. The summed E-state index contributed by atoms with van der Waals surface area (Å²) in [6.07, 6.45) is -0.0483. The van der Waals surface area contributed by atoms with E-state index >= 15 is 0 Å². The second-order valence-corrected chi connectivity index (χ2v) is 7.01. The number of epoxide rings is 1. The minimum atomic E-state index is -0.349. The SMILES string of the molecule is Clc1ccc(C2OC2(CBr)c2ccc(Br)cc2)c(Cl)c1. The van der Waals surface area contributed by atoms with E-state index in [9.17, 15) is 0 Å². The van der Waals surface area contributed by atoms with E-state index < -0.39 is 0 Å². The van der Waals surface area contributed by atoms with Gasteiger partial charge in [-0.15, -0.1) is 0 Å². The molecular weight excluding hydrogens is 427 g/mol. The van der Waals surface area contributed by atoms with Gasteiger partial charge in [-0.1, -0.05) is 73.3 Å². The lowest BCUT2D eigenvalue weighted by atomic mass is 9.93. The largest absolute Gasteiger partial charge is 0.355 e. The van der Waals surface area contributed by atoms with Gasteiger partial charge in [0, 0.05) is 25.4 Å². The first-order valence-corrected chi connectivity index (χ1v) is 8.68. The van der Waals surface area contributed by atoms with E-state index in [4.69, 9.17) is 27.9 Å². The maximum atomic E-state index is 6.27. The van der Waals surface area contributed by atoms with Crippen molar-refractivity contribution in [2.24, 2.45) is 0 Å². The predicted molar refractivity (Wildman–Crippen MR) is 89.9 cm³/mol. The van der Waals surface area contributed by atoms with Crippen LogP contribution >= 0.6 is 55.1 Å². The average molecular weight is 437 g/mol. The van der Waals surface area contributed by atoms with Crippen LogP contribution in [0.5, 0.6) is 0 Å². The fraction of sp³-hybridized carbons (Fsp3) is 0.200. The normalized spacial score (nSPS) is 24.7. The van der Waals surface area contributed by atoms with Gasteiger partial charge in [0.15, 0.2) is 0 Å². The third kappa shape index (κ3) is 2.55. The Balaban J connectivity index is 1.96. The lowest BCUT2D eigenvalue weighted by Crippen LogP contribution is -2.12. The highest BCUT2D eigenvalue weighted by Gasteiger charge is 2.58. The van der Waals surface area contributed by atoms with Crippen LogP contribution in [-0.4, -0.2) is 5.33 Å². The monoisotopic (exact) mass is 434 g/mol. The first kappa shape index (κ1) is 14.9. The van der Waals surface area contributed by atoms with E-state index in [2.05, 4.69) is 44.0 Å². The van der Waals surface area contributed by atoms with Crippen molar-refractivity contribution in [3.63, 3.8) is 0 Å². The van der Waals surface area contributed by atoms with Crippen molar-refractivity contribution in [3.8, 4) is 0 Å². The van der Waals surface area contributed by atoms with Crippen molar-refractivity contribution < 1.29 is 4.74 Å². The third-order valence-electron chi connectivity index (χ3n) is 3.47. The number of ether oxygens (including phenoxy) is 1. The molecule has 0 aromatic heterocycles. The van der Waals surface area contributed by atoms with Crippen molar-refractivity contribution in [3.05, 3.63) is 68.1 Å². The Morgan fingerprint density at radius 2 is 1.80 bits per heavy atom. The first-order valence-electron chi connectivity index (χ1n) is 6.01. The molecule has 20 heavy (non-hydrogen) atoms. The standard InChI is InChI=1S/C15H10Br2Cl2O/c16-8-15(9-1-3-10(17)4-2-9)14(20-15)12-6-5-11(18)7-13(12)19/h1-7,14H,8H2. The zero-order chi connectivity index (χ0) is 14.3. The number of rotatable bonds is 3. The fourth-order valence-corrected chi connectivity index (χ4v) is 3.86. The molecule has 5 heteroatoms. The number of benzene rings is 2. The molecule has 0 saturated carbocycles. The van der Waals surface area contributed by atoms with Gasteiger partial charge in [-0.05, 0) is 29.8 Å². The summed E-state index contributed by atoms with van der Waals surface area (Å²) in [6.45, 7) is 0. The topological polar surface area (TPSA) is 12.5 Å². The first-order chi connectivity index (χ1) is 9.56. The van der Waals surface area contributed by atoms with E-state index in [0.717, 1.165) is 15.6 Å². The van der Waals surface area contributed by atoms with Crippen LogP contribution in [0.1, 0.15) is 17.2 Å². The van der Waals surface area contributed by atoms with Gasteiger partial charge in [-0.3, -0.25) is 0 Å². The summed E-state index contributed by atoms with van der Waals surface area (Å²) in [7, 11) is 0. The molecule has 0 aliphatic carbocycles. The Morgan fingerprint density at radius 3 is 2.40 bits per heavy atom. The quantitative estimate of drug-likeness (QED) is 0.417. The van der Waals surface area contributed by atoms with Crippen LogP contribution in [-0.2, 0) is 10.3 Å². The Morgan fingerprint density at radius 1 is 1.10 bits per heavy atom. The zero-order valence-corrected chi connectivity index (χ0v) is 14.9. The fourth-order valence-electron chi connectivity index (χ4n) is 2.34. The summed E-state index contributed by atoms with van der Waals surface area (Å²) in [6, 6.07) is 13.7. The van der Waals surface area contributed by atoms with Gasteiger partial charge in [-0.25, -0.2) is 0 Å². The Kier molecular flexibility index (Phi) is 4.17. The second kappa shape index (κ2) is 5.62. The molecule has 2 unspecified atom stereocenters. The van der Waals surface area contributed by atoms with Gasteiger partial charge in [0.05, 0.1) is 0 Å². The molecule has 1 saturated heterocycles. The molecule has 1 heterocycles. The molecule has 1 aliphatic heterocycles. The minimum absolute atomic E-state index is 0.0483. The number of alkyl halides is 1. The van der Waals surface area contributed by atoms with Crippen molar-refractivity contribution in [1.29, 1.82) is 0 Å². The summed E-state index contributed by atoms with van der Waals surface area (Å²) in [5, 5.41) is 1.99. The molecular formula is C15H10Br2Cl2O. The van der Waals surface area contributed by atoms with Gasteiger partial charge >= 0.3 is 0 Å². The number of hydrogen-bond donors (Lipinski definition) is 0. The van der Waals surface area contributed by atoms with Gasteiger partial charge in [0.1, 0.15) is 11.7 Å². The molecule has 2 atom stereocenters. The van der Waals surface area contributed by atoms with E-state index in [1.807, 2.05) is 24.3 Å². The molecule has 0 spiro atoms. The maximum absolute atomic E-state index is 6.27. The van der Waals surface area contributed by atoms with E-state index in [1.54, 1.807) is 6.07 Å². The van der Waals surface area contributed by atoms with Crippen LogP contribution in [0.4, 0.5) is 0 Å². The Labute approximate surface area is 144 Å².